The number of nitrogen functional groups attached to an aromatic ring is 1. The molecule has 8 heteroatoms. The van der Waals surface area contributed by atoms with E-state index in [4.69, 9.17) is 10.3 Å². The Hall–Kier alpha value is -2.48. The molecule has 0 aliphatic heterocycles. The second-order valence-corrected chi connectivity index (χ2v) is 5.03. The molecule has 0 fully saturated rings. The predicted octanol–water partition coefficient (Wildman–Crippen LogP) is 1.26. The van der Waals surface area contributed by atoms with Crippen LogP contribution in [0.1, 0.15) is 36.7 Å². The number of aromatic nitrogens is 3. The van der Waals surface area contributed by atoms with Crippen molar-refractivity contribution in [2.75, 3.05) is 12.8 Å². The van der Waals surface area contributed by atoms with Crippen molar-refractivity contribution in [3.05, 3.63) is 35.6 Å². The zero-order chi connectivity index (χ0) is 16.1. The highest BCUT2D eigenvalue weighted by molar-refractivity contribution is 5.75. The first-order valence-electron chi connectivity index (χ1n) is 6.97. The number of carboxylic acid groups (broad SMARTS) is 1. The highest BCUT2D eigenvalue weighted by Gasteiger charge is 2.26. The van der Waals surface area contributed by atoms with Gasteiger partial charge in [0.15, 0.2) is 5.82 Å². The Labute approximate surface area is 128 Å². The van der Waals surface area contributed by atoms with Gasteiger partial charge in [0.25, 0.3) is 0 Å². The Bertz CT molecular complexity index is 626. The van der Waals surface area contributed by atoms with E-state index in [0.717, 1.165) is 12.8 Å². The van der Waals surface area contributed by atoms with Gasteiger partial charge in [0, 0.05) is 12.6 Å². The summed E-state index contributed by atoms with van der Waals surface area (Å²) in [5, 5.41) is 13.3. The summed E-state index contributed by atoms with van der Waals surface area (Å²) >= 11 is 0. The lowest BCUT2D eigenvalue weighted by Crippen LogP contribution is -2.30. The molecule has 0 aliphatic carbocycles. The van der Waals surface area contributed by atoms with Crippen molar-refractivity contribution in [3.63, 3.8) is 0 Å². The largest absolute Gasteiger partial charge is 0.480 e. The van der Waals surface area contributed by atoms with Crippen LogP contribution in [0.15, 0.2) is 22.9 Å². The second-order valence-electron chi connectivity index (χ2n) is 5.03. The van der Waals surface area contributed by atoms with Gasteiger partial charge in [0.1, 0.15) is 11.9 Å². The molecule has 0 aliphatic rings. The van der Waals surface area contributed by atoms with E-state index >= 15 is 0 Å². The van der Waals surface area contributed by atoms with Crippen LogP contribution in [0, 0.1) is 0 Å². The zero-order valence-corrected chi connectivity index (χ0v) is 12.6. The van der Waals surface area contributed by atoms with Gasteiger partial charge < -0.3 is 15.4 Å². The van der Waals surface area contributed by atoms with Crippen LogP contribution >= 0.6 is 0 Å². The van der Waals surface area contributed by atoms with E-state index in [-0.39, 0.29) is 6.54 Å². The van der Waals surface area contributed by atoms with Crippen molar-refractivity contribution >= 4 is 11.8 Å². The fourth-order valence-electron chi connectivity index (χ4n) is 2.15. The molecule has 0 amide bonds. The van der Waals surface area contributed by atoms with Crippen molar-refractivity contribution in [1.82, 2.24) is 20.0 Å². The number of anilines is 1. The van der Waals surface area contributed by atoms with Gasteiger partial charge in [-0.25, -0.2) is 4.98 Å². The zero-order valence-electron chi connectivity index (χ0n) is 12.6. The monoisotopic (exact) mass is 305 g/mol. The molecule has 1 atom stereocenters. The van der Waals surface area contributed by atoms with Crippen LogP contribution < -0.4 is 5.73 Å². The summed E-state index contributed by atoms with van der Waals surface area (Å²) < 4.78 is 5.14. The standard InChI is InChI=1S/C14H19N5O3/c1-3-4-11-17-12(22-18-11)8-19(2)13(14(20)21)9-5-6-10(15)16-7-9/h5-7,13H,3-4,8H2,1-2H3,(H2,15,16)(H,20,21)/t13-/m0/s1. The molecule has 2 aromatic rings. The predicted molar refractivity (Wildman–Crippen MR) is 78.8 cm³/mol. The van der Waals surface area contributed by atoms with Crippen molar-refractivity contribution in [2.24, 2.45) is 0 Å². The van der Waals surface area contributed by atoms with Crippen LogP contribution in [0.25, 0.3) is 0 Å². The smallest absolute Gasteiger partial charge is 0.325 e. The molecule has 0 unspecified atom stereocenters. The lowest BCUT2D eigenvalue weighted by Gasteiger charge is -2.23. The summed E-state index contributed by atoms with van der Waals surface area (Å²) in [4.78, 5) is 21.3. The summed E-state index contributed by atoms with van der Waals surface area (Å²) in [5.41, 5.74) is 6.07. The van der Waals surface area contributed by atoms with E-state index in [1.54, 1.807) is 24.1 Å². The average molecular weight is 305 g/mol. The van der Waals surface area contributed by atoms with Gasteiger partial charge in [-0.2, -0.15) is 4.98 Å². The molecule has 2 heterocycles. The van der Waals surface area contributed by atoms with Crippen molar-refractivity contribution in [2.45, 2.75) is 32.4 Å². The van der Waals surface area contributed by atoms with Crippen LogP contribution in [0.5, 0.6) is 0 Å². The van der Waals surface area contributed by atoms with Gasteiger partial charge in [-0.15, -0.1) is 0 Å². The lowest BCUT2D eigenvalue weighted by atomic mass is 10.1. The van der Waals surface area contributed by atoms with Gasteiger partial charge in [-0.1, -0.05) is 18.1 Å². The molecule has 2 rings (SSSR count). The van der Waals surface area contributed by atoms with E-state index in [1.807, 2.05) is 6.92 Å². The Kier molecular flexibility index (Phi) is 5.05. The maximum atomic E-state index is 11.6. The van der Waals surface area contributed by atoms with Crippen molar-refractivity contribution < 1.29 is 14.4 Å². The lowest BCUT2D eigenvalue weighted by molar-refractivity contribution is -0.143. The number of nitrogens with two attached hydrogens (primary N) is 1. The fraction of sp³-hybridized carbons (Fsp3) is 0.429. The molecule has 3 N–H and O–H groups in total. The van der Waals surface area contributed by atoms with Gasteiger partial charge in [0.2, 0.25) is 5.89 Å². The van der Waals surface area contributed by atoms with Crippen LogP contribution in [0.2, 0.25) is 0 Å². The molecule has 118 valence electrons. The molecule has 2 aromatic heterocycles. The number of carboxylic acids is 1. The van der Waals surface area contributed by atoms with E-state index in [0.29, 0.717) is 23.1 Å². The summed E-state index contributed by atoms with van der Waals surface area (Å²) in [6.45, 7) is 2.26. The fourth-order valence-corrected chi connectivity index (χ4v) is 2.15. The highest BCUT2D eigenvalue weighted by atomic mass is 16.5. The number of hydrogen-bond acceptors (Lipinski definition) is 7. The molecule has 22 heavy (non-hydrogen) atoms. The average Bonchev–Trinajstić information content (AvgIpc) is 2.88. The van der Waals surface area contributed by atoms with E-state index in [1.165, 1.54) is 6.20 Å². The molecule has 0 saturated heterocycles. The van der Waals surface area contributed by atoms with E-state index < -0.39 is 12.0 Å². The molecule has 0 aromatic carbocycles. The number of likely N-dealkylation sites (N-methyl/N-ethyl adjacent to an activating group) is 1. The number of rotatable bonds is 7. The third kappa shape index (κ3) is 3.79. The molecule has 0 radical (unpaired) electrons. The molecule has 0 spiro atoms. The van der Waals surface area contributed by atoms with Gasteiger partial charge in [0.05, 0.1) is 6.54 Å². The van der Waals surface area contributed by atoms with Gasteiger partial charge in [-0.3, -0.25) is 9.69 Å². The first-order chi connectivity index (χ1) is 10.5. The topological polar surface area (TPSA) is 118 Å². The minimum atomic E-state index is -0.984. The maximum absolute atomic E-state index is 11.6. The van der Waals surface area contributed by atoms with Gasteiger partial charge >= 0.3 is 5.97 Å². The maximum Gasteiger partial charge on any atom is 0.325 e. The highest BCUT2D eigenvalue weighted by Crippen LogP contribution is 2.21. The van der Waals surface area contributed by atoms with Crippen molar-refractivity contribution in [3.8, 4) is 0 Å². The third-order valence-electron chi connectivity index (χ3n) is 3.17. The summed E-state index contributed by atoms with van der Waals surface area (Å²) in [5.74, 6) is 0.381. The molecule has 8 nitrogen and oxygen atoms in total. The Morgan fingerprint density at radius 1 is 1.50 bits per heavy atom. The number of carbonyl (C=O) groups is 1. The Morgan fingerprint density at radius 3 is 2.86 bits per heavy atom. The molecular formula is C14H19N5O3. The number of aryl methyl sites for hydroxylation is 1. The first-order valence-corrected chi connectivity index (χ1v) is 6.97. The quantitative estimate of drug-likeness (QED) is 0.784. The van der Waals surface area contributed by atoms with Crippen LogP contribution in [0.4, 0.5) is 5.82 Å². The van der Waals surface area contributed by atoms with E-state index in [9.17, 15) is 9.90 Å². The number of aliphatic carboxylic acids is 1. The first kappa shape index (κ1) is 15.9. The molecule has 0 bridgehead atoms. The normalized spacial score (nSPS) is 12.5. The summed E-state index contributed by atoms with van der Waals surface area (Å²) in [6, 6.07) is 2.36. The van der Waals surface area contributed by atoms with E-state index in [2.05, 4.69) is 15.1 Å². The number of nitrogens with zero attached hydrogens (tertiary/aromatic N) is 4. The SMILES string of the molecule is CCCc1noc(CN(C)[C@H](C(=O)O)c2ccc(N)nc2)n1. The minimum absolute atomic E-state index is 0.234. The van der Waals surface area contributed by atoms with Crippen LogP contribution in [0.3, 0.4) is 0 Å². The molecule has 0 saturated carbocycles. The van der Waals surface area contributed by atoms with Gasteiger partial charge in [-0.05, 0) is 25.1 Å². The Balaban J connectivity index is 2.13. The van der Waals surface area contributed by atoms with Crippen LogP contribution in [-0.4, -0.2) is 38.1 Å². The third-order valence-corrected chi connectivity index (χ3v) is 3.17. The summed E-state index contributed by atoms with van der Waals surface area (Å²) in [7, 11) is 1.68. The molecular weight excluding hydrogens is 286 g/mol. The number of pyridine rings is 1. The Morgan fingerprint density at radius 2 is 2.27 bits per heavy atom. The second kappa shape index (κ2) is 6.99. The minimum Gasteiger partial charge on any atom is -0.480 e. The van der Waals surface area contributed by atoms with Crippen molar-refractivity contribution in [1.29, 1.82) is 0 Å². The number of hydrogen-bond donors (Lipinski definition) is 2. The van der Waals surface area contributed by atoms with Crippen LogP contribution in [-0.2, 0) is 17.8 Å². The summed E-state index contributed by atoms with van der Waals surface area (Å²) in [6.07, 6.45) is 3.11.